The first-order valence-corrected chi connectivity index (χ1v) is 11.0. The number of aliphatic carboxylic acids is 1. The number of benzene rings is 1. The average Bonchev–Trinajstić information content (AvgIpc) is 3.53. The maximum Gasteiger partial charge on any atom is 0.323 e. The molecular formula is C25H23N5O3. The lowest BCUT2D eigenvalue weighted by molar-refractivity contribution is -0.138. The first kappa shape index (κ1) is 20.8. The summed E-state index contributed by atoms with van der Waals surface area (Å²) in [4.78, 5) is 35.5. The monoisotopic (exact) mass is 441 g/mol. The molecule has 33 heavy (non-hydrogen) atoms. The topological polar surface area (TPSA) is 101 Å². The van der Waals surface area contributed by atoms with Crippen LogP contribution in [0.25, 0.3) is 28.0 Å². The molecule has 0 radical (unpaired) electrons. The summed E-state index contributed by atoms with van der Waals surface area (Å²) in [5.74, 6) is -1.41. The molecule has 8 heteroatoms. The van der Waals surface area contributed by atoms with Crippen LogP contribution in [0, 0.1) is 0 Å². The van der Waals surface area contributed by atoms with Crippen LogP contribution in [0.4, 0.5) is 0 Å². The van der Waals surface area contributed by atoms with Crippen molar-refractivity contribution in [2.75, 3.05) is 6.54 Å². The van der Waals surface area contributed by atoms with Crippen LogP contribution in [0.2, 0.25) is 0 Å². The highest BCUT2D eigenvalue weighted by atomic mass is 16.4. The quantitative estimate of drug-likeness (QED) is 0.486. The second-order valence-electron chi connectivity index (χ2n) is 8.16. The van der Waals surface area contributed by atoms with Gasteiger partial charge in [0.25, 0.3) is 5.91 Å². The number of nitrogens with zero attached hydrogens (tertiary/aromatic N) is 5. The predicted octanol–water partition coefficient (Wildman–Crippen LogP) is 3.95. The Balaban J connectivity index is 1.65. The Morgan fingerprint density at radius 1 is 1.00 bits per heavy atom. The number of amides is 1. The van der Waals surface area contributed by atoms with Gasteiger partial charge in [-0.25, -0.2) is 4.68 Å². The van der Waals surface area contributed by atoms with Crippen LogP contribution in [0.5, 0.6) is 0 Å². The number of para-hydroxylation sites is 1. The minimum Gasteiger partial charge on any atom is -0.480 e. The van der Waals surface area contributed by atoms with Crippen molar-refractivity contribution in [1.82, 2.24) is 24.6 Å². The van der Waals surface area contributed by atoms with Crippen molar-refractivity contribution < 1.29 is 14.7 Å². The summed E-state index contributed by atoms with van der Waals surface area (Å²) in [6, 6.07) is 16.8. The Morgan fingerprint density at radius 2 is 1.79 bits per heavy atom. The van der Waals surface area contributed by atoms with Gasteiger partial charge >= 0.3 is 5.97 Å². The van der Waals surface area contributed by atoms with E-state index in [9.17, 15) is 14.7 Å². The number of rotatable bonds is 6. The third kappa shape index (κ3) is 4.07. The SMILES string of the molecule is O=C(O)CN(C(=O)c1cc(-c2ccccn2)n(-c2cccc3cccnc23)n1)C1CCCC1. The second-order valence-corrected chi connectivity index (χ2v) is 8.16. The molecular weight excluding hydrogens is 418 g/mol. The number of aromatic nitrogens is 4. The standard InChI is InChI=1S/C25H23N5O3/c31-23(32)16-29(18-9-1-2-10-18)25(33)20-15-22(19-11-3-4-13-26-19)30(28-20)21-12-5-7-17-8-6-14-27-24(17)21/h3-8,11-15,18H,1-2,9-10,16H2,(H,31,32). The number of hydrogen-bond donors (Lipinski definition) is 1. The fourth-order valence-electron chi connectivity index (χ4n) is 4.50. The van der Waals surface area contributed by atoms with Crippen molar-refractivity contribution >= 4 is 22.8 Å². The van der Waals surface area contributed by atoms with Crippen LogP contribution in [0.1, 0.15) is 36.2 Å². The molecule has 1 saturated carbocycles. The fourth-order valence-corrected chi connectivity index (χ4v) is 4.50. The van der Waals surface area contributed by atoms with Crippen LogP contribution in [0.15, 0.2) is 67.0 Å². The molecule has 0 atom stereocenters. The van der Waals surface area contributed by atoms with E-state index in [-0.39, 0.29) is 24.2 Å². The molecule has 1 aliphatic rings. The van der Waals surface area contributed by atoms with Crippen molar-refractivity contribution in [1.29, 1.82) is 0 Å². The molecule has 3 heterocycles. The van der Waals surface area contributed by atoms with E-state index < -0.39 is 5.97 Å². The molecule has 5 rings (SSSR count). The van der Waals surface area contributed by atoms with E-state index in [0.29, 0.717) is 11.4 Å². The summed E-state index contributed by atoms with van der Waals surface area (Å²) in [5.41, 5.74) is 2.95. The summed E-state index contributed by atoms with van der Waals surface area (Å²) >= 11 is 0. The summed E-state index contributed by atoms with van der Waals surface area (Å²) in [6.07, 6.45) is 6.99. The third-order valence-corrected chi connectivity index (χ3v) is 6.03. The highest BCUT2D eigenvalue weighted by Crippen LogP contribution is 2.29. The van der Waals surface area contributed by atoms with E-state index in [1.165, 1.54) is 4.90 Å². The van der Waals surface area contributed by atoms with Crippen LogP contribution in [0.3, 0.4) is 0 Å². The molecule has 0 unspecified atom stereocenters. The van der Waals surface area contributed by atoms with Gasteiger partial charge in [0.1, 0.15) is 6.54 Å². The maximum absolute atomic E-state index is 13.5. The molecule has 1 aromatic carbocycles. The van der Waals surface area contributed by atoms with Gasteiger partial charge in [-0.15, -0.1) is 0 Å². The van der Waals surface area contributed by atoms with Gasteiger partial charge in [-0.1, -0.05) is 37.1 Å². The smallest absolute Gasteiger partial charge is 0.323 e. The van der Waals surface area contributed by atoms with Crippen molar-refractivity contribution in [3.63, 3.8) is 0 Å². The van der Waals surface area contributed by atoms with E-state index in [2.05, 4.69) is 15.1 Å². The molecule has 0 aliphatic heterocycles. The van der Waals surface area contributed by atoms with Gasteiger partial charge < -0.3 is 10.0 Å². The maximum atomic E-state index is 13.5. The Kier molecular flexibility index (Phi) is 5.56. The second kappa shape index (κ2) is 8.82. The molecule has 166 valence electrons. The van der Waals surface area contributed by atoms with Crippen molar-refractivity contribution in [2.45, 2.75) is 31.7 Å². The number of hydrogen-bond acceptors (Lipinski definition) is 5. The number of carbonyl (C=O) groups excluding carboxylic acids is 1. The van der Waals surface area contributed by atoms with Crippen molar-refractivity contribution in [2.24, 2.45) is 0 Å². The van der Waals surface area contributed by atoms with Gasteiger partial charge in [0, 0.05) is 23.8 Å². The molecule has 0 spiro atoms. The minimum absolute atomic E-state index is 0.0868. The van der Waals surface area contributed by atoms with Crippen LogP contribution in [-0.2, 0) is 4.79 Å². The summed E-state index contributed by atoms with van der Waals surface area (Å²) in [5, 5.41) is 15.0. The molecule has 1 fully saturated rings. The van der Waals surface area contributed by atoms with Gasteiger partial charge in [-0.05, 0) is 43.2 Å². The number of carboxylic acids is 1. The summed E-state index contributed by atoms with van der Waals surface area (Å²) in [7, 11) is 0. The summed E-state index contributed by atoms with van der Waals surface area (Å²) < 4.78 is 1.68. The molecule has 0 bridgehead atoms. The number of carboxylic acid groups (broad SMARTS) is 1. The molecule has 3 aromatic heterocycles. The van der Waals surface area contributed by atoms with Crippen LogP contribution >= 0.6 is 0 Å². The van der Waals surface area contributed by atoms with E-state index in [1.54, 1.807) is 23.1 Å². The lowest BCUT2D eigenvalue weighted by Gasteiger charge is -2.26. The van der Waals surface area contributed by atoms with Gasteiger partial charge in [-0.3, -0.25) is 19.6 Å². The zero-order valence-corrected chi connectivity index (χ0v) is 18.0. The highest BCUT2D eigenvalue weighted by Gasteiger charge is 2.31. The van der Waals surface area contributed by atoms with Gasteiger partial charge in [0.15, 0.2) is 5.69 Å². The normalized spacial score (nSPS) is 13.9. The summed E-state index contributed by atoms with van der Waals surface area (Å²) in [6.45, 7) is -0.342. The van der Waals surface area contributed by atoms with Crippen molar-refractivity contribution in [3.8, 4) is 17.1 Å². The Hall–Kier alpha value is -4.07. The Labute approximate surface area is 190 Å². The largest absolute Gasteiger partial charge is 0.480 e. The van der Waals surface area contributed by atoms with Crippen molar-refractivity contribution in [3.05, 3.63) is 72.7 Å². The number of carbonyl (C=O) groups is 2. The zero-order valence-electron chi connectivity index (χ0n) is 18.0. The third-order valence-electron chi connectivity index (χ3n) is 6.03. The fraction of sp³-hybridized carbons (Fsp3) is 0.240. The van der Waals surface area contributed by atoms with Gasteiger partial charge in [0.2, 0.25) is 0 Å². The van der Waals surface area contributed by atoms with Crippen LogP contribution < -0.4 is 0 Å². The number of pyridine rings is 2. The minimum atomic E-state index is -1.03. The van der Waals surface area contributed by atoms with Gasteiger partial charge in [0.05, 0.1) is 22.6 Å². The first-order valence-electron chi connectivity index (χ1n) is 11.0. The average molecular weight is 441 g/mol. The zero-order chi connectivity index (χ0) is 22.8. The van der Waals surface area contributed by atoms with E-state index in [4.69, 9.17) is 0 Å². The Bertz CT molecular complexity index is 1310. The predicted molar refractivity (Wildman–Crippen MR) is 123 cm³/mol. The lowest BCUT2D eigenvalue weighted by Crippen LogP contribution is -2.42. The van der Waals surface area contributed by atoms with Crippen LogP contribution in [-0.4, -0.2) is 54.2 Å². The molecule has 1 aliphatic carbocycles. The van der Waals surface area contributed by atoms with E-state index in [0.717, 1.165) is 42.3 Å². The highest BCUT2D eigenvalue weighted by molar-refractivity contribution is 5.96. The Morgan fingerprint density at radius 3 is 2.55 bits per heavy atom. The molecule has 0 saturated heterocycles. The molecule has 4 aromatic rings. The lowest BCUT2D eigenvalue weighted by atomic mass is 10.1. The molecule has 1 amide bonds. The van der Waals surface area contributed by atoms with E-state index in [1.807, 2.05) is 48.5 Å². The molecule has 1 N–H and O–H groups in total. The first-order chi connectivity index (χ1) is 16.1. The van der Waals surface area contributed by atoms with Gasteiger partial charge in [-0.2, -0.15) is 5.10 Å². The molecule has 8 nitrogen and oxygen atoms in total. The van der Waals surface area contributed by atoms with E-state index >= 15 is 0 Å². The number of fused-ring (bicyclic) bond motifs is 1.